The summed E-state index contributed by atoms with van der Waals surface area (Å²) < 4.78 is 0. The van der Waals surface area contributed by atoms with Crippen molar-refractivity contribution in [3.05, 3.63) is 22.2 Å². The van der Waals surface area contributed by atoms with Gasteiger partial charge in [0.1, 0.15) is 0 Å². The average molecular weight is 200 g/mol. The van der Waals surface area contributed by atoms with Crippen molar-refractivity contribution in [2.45, 2.75) is 0 Å². The molecule has 0 amide bonds. The second-order valence-corrected chi connectivity index (χ2v) is 4.90. The van der Waals surface area contributed by atoms with E-state index in [2.05, 4.69) is 23.0 Å². The third kappa shape index (κ3) is 1.93. The molecule has 0 radical (unpaired) electrons. The average Bonchev–Trinajstić information content (AvgIpc) is 2.21. The fraction of sp³-hybridized carbons (Fsp3) is 0.500. The maximum Gasteiger partial charge on any atom is 0.0380 e. The molecule has 0 aromatic rings. The lowest BCUT2D eigenvalue weighted by Gasteiger charge is -2.19. The van der Waals surface area contributed by atoms with Crippen LogP contribution in [0, 0.1) is 0 Å². The third-order valence-electron chi connectivity index (χ3n) is 1.72. The summed E-state index contributed by atoms with van der Waals surface area (Å²) in [4.78, 5) is 2.77. The molecule has 0 aromatic carbocycles. The van der Waals surface area contributed by atoms with Crippen LogP contribution in [0.5, 0.6) is 0 Å². The van der Waals surface area contributed by atoms with Crippen LogP contribution < -0.4 is 10.6 Å². The summed E-state index contributed by atoms with van der Waals surface area (Å²) in [5.41, 5.74) is 0. The van der Waals surface area contributed by atoms with Crippen LogP contribution in [-0.4, -0.2) is 24.6 Å². The Hall–Kier alpha value is -0.220. The molecule has 2 aliphatic heterocycles. The van der Waals surface area contributed by atoms with E-state index in [-0.39, 0.29) is 0 Å². The molecule has 0 saturated heterocycles. The molecule has 0 bridgehead atoms. The van der Waals surface area contributed by atoms with Crippen LogP contribution in [0.25, 0.3) is 0 Å². The summed E-state index contributed by atoms with van der Waals surface area (Å²) in [5.74, 6) is 2.37. The van der Waals surface area contributed by atoms with Crippen molar-refractivity contribution in [2.24, 2.45) is 0 Å². The van der Waals surface area contributed by atoms with Crippen LogP contribution in [0.15, 0.2) is 22.2 Å². The summed E-state index contributed by atoms with van der Waals surface area (Å²) >= 11 is 3.88. The van der Waals surface area contributed by atoms with Crippen molar-refractivity contribution in [3.63, 3.8) is 0 Å². The lowest BCUT2D eigenvalue weighted by atomic mass is 10.5. The van der Waals surface area contributed by atoms with E-state index < -0.39 is 0 Å². The van der Waals surface area contributed by atoms with Crippen LogP contribution in [0.4, 0.5) is 0 Å². The molecule has 12 heavy (non-hydrogen) atoms. The molecule has 0 aliphatic carbocycles. The van der Waals surface area contributed by atoms with Gasteiger partial charge in [0.25, 0.3) is 0 Å². The summed E-state index contributed by atoms with van der Waals surface area (Å²) in [6, 6.07) is 0. The van der Waals surface area contributed by atoms with Gasteiger partial charge in [-0.2, -0.15) is 0 Å². The monoisotopic (exact) mass is 200 g/mol. The van der Waals surface area contributed by atoms with Gasteiger partial charge in [-0.25, -0.2) is 0 Å². The predicted molar refractivity (Wildman–Crippen MR) is 57.1 cm³/mol. The Balaban J connectivity index is 2.06. The Morgan fingerprint density at radius 2 is 1.42 bits per heavy atom. The van der Waals surface area contributed by atoms with Crippen LogP contribution in [0.2, 0.25) is 0 Å². The second kappa shape index (κ2) is 4.14. The summed E-state index contributed by atoms with van der Waals surface area (Å²) in [6.45, 7) is 2.19. The summed E-state index contributed by atoms with van der Waals surface area (Å²) in [6.07, 6.45) is 4.25. The first-order valence-corrected chi connectivity index (χ1v) is 6.07. The molecule has 2 nitrogen and oxygen atoms in total. The second-order valence-electron chi connectivity index (χ2n) is 2.62. The van der Waals surface area contributed by atoms with E-state index in [4.69, 9.17) is 0 Å². The molecule has 0 aromatic heterocycles. The Kier molecular flexibility index (Phi) is 2.89. The zero-order valence-corrected chi connectivity index (χ0v) is 8.43. The van der Waals surface area contributed by atoms with E-state index in [0.29, 0.717) is 0 Å². The van der Waals surface area contributed by atoms with Crippen molar-refractivity contribution in [3.8, 4) is 0 Å². The Morgan fingerprint density at radius 3 is 1.75 bits per heavy atom. The molecule has 0 spiro atoms. The Labute approximate surface area is 81.2 Å². The normalized spacial score (nSPS) is 23.3. The Morgan fingerprint density at radius 1 is 0.917 bits per heavy atom. The van der Waals surface area contributed by atoms with Crippen LogP contribution in [0.3, 0.4) is 0 Å². The van der Waals surface area contributed by atoms with Crippen LogP contribution in [0.1, 0.15) is 0 Å². The number of hydrogen-bond donors (Lipinski definition) is 2. The molecule has 4 heteroatoms. The zero-order chi connectivity index (χ0) is 8.23. The maximum absolute atomic E-state index is 3.27. The number of hydrogen-bond acceptors (Lipinski definition) is 4. The first-order chi connectivity index (χ1) is 5.97. The molecule has 2 heterocycles. The minimum absolute atomic E-state index is 1.10. The number of nitrogens with one attached hydrogen (secondary N) is 2. The Bertz CT molecular complexity index is 199. The lowest BCUT2D eigenvalue weighted by molar-refractivity contribution is 0.904. The van der Waals surface area contributed by atoms with Gasteiger partial charge in [-0.1, -0.05) is 0 Å². The molecule has 0 fully saturated rings. The van der Waals surface area contributed by atoms with Gasteiger partial charge in [-0.15, -0.1) is 23.5 Å². The van der Waals surface area contributed by atoms with Gasteiger partial charge < -0.3 is 10.6 Å². The van der Waals surface area contributed by atoms with Gasteiger partial charge in [0.15, 0.2) is 0 Å². The fourth-order valence-corrected chi connectivity index (χ4v) is 3.11. The van der Waals surface area contributed by atoms with E-state index in [9.17, 15) is 0 Å². The standard InChI is InChI=1S/C8H12N2S2/c1-3-11-7(5-9-1)8-6-10-2-4-12-8/h5-6,9-10H,1-4H2. The largest absolute Gasteiger partial charge is 0.389 e. The first-order valence-electron chi connectivity index (χ1n) is 4.10. The molecule has 2 aliphatic rings. The molecule has 66 valence electrons. The van der Waals surface area contributed by atoms with Crippen molar-refractivity contribution >= 4 is 23.5 Å². The zero-order valence-electron chi connectivity index (χ0n) is 6.80. The summed E-state index contributed by atoms with van der Waals surface area (Å²) in [5, 5.41) is 6.53. The SMILES string of the molecule is C1=C(C2=CNCCS2)SCCN1. The third-order valence-corrected chi connectivity index (χ3v) is 3.96. The molecule has 2 rings (SSSR count). The van der Waals surface area contributed by atoms with Crippen molar-refractivity contribution in [1.29, 1.82) is 0 Å². The lowest BCUT2D eigenvalue weighted by Crippen LogP contribution is -2.18. The van der Waals surface area contributed by atoms with Crippen LogP contribution >= 0.6 is 23.5 Å². The molecule has 0 atom stereocenters. The molecular formula is C8H12N2S2. The van der Waals surface area contributed by atoms with E-state index in [1.54, 1.807) is 0 Å². The highest BCUT2D eigenvalue weighted by Crippen LogP contribution is 2.33. The molecule has 2 N–H and O–H groups in total. The smallest absolute Gasteiger partial charge is 0.0380 e. The van der Waals surface area contributed by atoms with E-state index in [1.807, 2.05) is 23.5 Å². The molecule has 0 saturated carbocycles. The first kappa shape index (κ1) is 8.38. The van der Waals surface area contributed by atoms with Crippen molar-refractivity contribution < 1.29 is 0 Å². The fourth-order valence-electron chi connectivity index (χ4n) is 1.14. The van der Waals surface area contributed by atoms with E-state index >= 15 is 0 Å². The van der Waals surface area contributed by atoms with Crippen molar-refractivity contribution in [1.82, 2.24) is 10.6 Å². The minimum atomic E-state index is 1.10. The maximum atomic E-state index is 3.27. The number of rotatable bonds is 1. The molecule has 0 unspecified atom stereocenters. The molecular weight excluding hydrogens is 188 g/mol. The van der Waals surface area contributed by atoms with Gasteiger partial charge in [0.05, 0.1) is 0 Å². The minimum Gasteiger partial charge on any atom is -0.389 e. The highest BCUT2D eigenvalue weighted by molar-refractivity contribution is 8.08. The quantitative estimate of drug-likeness (QED) is 0.667. The van der Waals surface area contributed by atoms with Crippen LogP contribution in [-0.2, 0) is 0 Å². The van der Waals surface area contributed by atoms with Gasteiger partial charge in [-0.05, 0) is 0 Å². The highest BCUT2D eigenvalue weighted by Gasteiger charge is 2.11. The van der Waals surface area contributed by atoms with Crippen molar-refractivity contribution in [2.75, 3.05) is 24.6 Å². The topological polar surface area (TPSA) is 24.1 Å². The van der Waals surface area contributed by atoms with Gasteiger partial charge >= 0.3 is 0 Å². The van der Waals surface area contributed by atoms with Gasteiger partial charge in [0, 0.05) is 46.8 Å². The van der Waals surface area contributed by atoms with Gasteiger partial charge in [0.2, 0.25) is 0 Å². The highest BCUT2D eigenvalue weighted by atomic mass is 32.2. The number of thioether (sulfide) groups is 2. The predicted octanol–water partition coefficient (Wildman–Crippen LogP) is 1.34. The van der Waals surface area contributed by atoms with E-state index in [1.165, 1.54) is 21.3 Å². The van der Waals surface area contributed by atoms with Gasteiger partial charge in [-0.3, -0.25) is 0 Å². The summed E-state index contributed by atoms with van der Waals surface area (Å²) in [7, 11) is 0. The van der Waals surface area contributed by atoms with E-state index in [0.717, 1.165) is 13.1 Å².